The van der Waals surface area contributed by atoms with Gasteiger partial charge in [-0.25, -0.2) is 4.39 Å². The zero-order chi connectivity index (χ0) is 19.1. The molecule has 2 aromatic carbocycles. The number of hydrogen-bond acceptors (Lipinski definition) is 4. The number of rotatable bonds is 3. The summed E-state index contributed by atoms with van der Waals surface area (Å²) >= 11 is 0. The van der Waals surface area contributed by atoms with Crippen LogP contribution in [0.5, 0.6) is 5.75 Å². The molecule has 136 valence electrons. The minimum absolute atomic E-state index is 0.104. The molecule has 2 unspecified atom stereocenters. The van der Waals surface area contributed by atoms with Crippen LogP contribution in [0.1, 0.15) is 53.1 Å². The van der Waals surface area contributed by atoms with Crippen LogP contribution in [-0.4, -0.2) is 28.5 Å². The molecule has 2 aromatic rings. The lowest BCUT2D eigenvalue weighted by molar-refractivity contribution is -0.0628. The van der Waals surface area contributed by atoms with Gasteiger partial charge in [0.2, 0.25) is 0 Å². The Kier molecular flexibility index (Phi) is 4.54. The van der Waals surface area contributed by atoms with E-state index in [1.165, 1.54) is 31.2 Å². The van der Waals surface area contributed by atoms with E-state index in [-0.39, 0.29) is 11.3 Å². The molecule has 0 fully saturated rings. The van der Waals surface area contributed by atoms with Crippen LogP contribution in [0.15, 0.2) is 42.5 Å². The number of carbonyl (C=O) groups is 2. The molecule has 0 spiro atoms. The van der Waals surface area contributed by atoms with Gasteiger partial charge in [-0.3, -0.25) is 9.59 Å². The monoisotopic (exact) mass is 357 g/mol. The van der Waals surface area contributed by atoms with E-state index in [1.807, 2.05) is 0 Å². The first-order valence-corrected chi connectivity index (χ1v) is 8.27. The highest BCUT2D eigenvalue weighted by Gasteiger charge is 2.43. The van der Waals surface area contributed by atoms with Gasteiger partial charge in [0.25, 0.3) is 5.91 Å². The summed E-state index contributed by atoms with van der Waals surface area (Å²) in [4.78, 5) is 24.1. The number of ether oxygens (including phenoxy) is 1. The van der Waals surface area contributed by atoms with Crippen LogP contribution in [0.25, 0.3) is 0 Å². The second kappa shape index (κ2) is 6.53. The molecule has 0 saturated carbocycles. The summed E-state index contributed by atoms with van der Waals surface area (Å²) in [6.07, 6.45) is -1.01. The molecule has 6 heteroatoms. The van der Waals surface area contributed by atoms with Crippen LogP contribution >= 0.6 is 0 Å². The molecule has 1 amide bonds. The minimum Gasteiger partial charge on any atom is -0.485 e. The first-order valence-electron chi connectivity index (χ1n) is 8.27. The second-order valence-corrected chi connectivity index (χ2v) is 6.92. The Bertz CT molecular complexity index is 861. The molecule has 1 heterocycles. The predicted octanol–water partition coefficient (Wildman–Crippen LogP) is 3.03. The van der Waals surface area contributed by atoms with Gasteiger partial charge in [0, 0.05) is 16.7 Å². The zero-order valence-corrected chi connectivity index (χ0v) is 14.7. The second-order valence-electron chi connectivity index (χ2n) is 6.92. The van der Waals surface area contributed by atoms with Crippen LogP contribution in [0.3, 0.4) is 0 Å². The number of halogens is 1. The number of aliphatic hydroxyl groups excluding tert-OH is 1. The Balaban J connectivity index is 1.96. The number of carbonyl (C=O) groups excluding carboxylic acids is 2. The standard InChI is InChI=1S/C20H20FNO4/c1-11(23)13-6-9-15-16(10-13)26-20(2,3)18(24)17(15)22-19(25)12-4-7-14(21)8-5-12/h4-10,17-18,24H,1-3H3,(H,22,25). The Morgan fingerprint density at radius 2 is 1.73 bits per heavy atom. The summed E-state index contributed by atoms with van der Waals surface area (Å²) in [6.45, 7) is 4.87. The highest BCUT2D eigenvalue weighted by Crippen LogP contribution is 2.40. The lowest BCUT2D eigenvalue weighted by Gasteiger charge is -2.42. The minimum atomic E-state index is -1.01. The average Bonchev–Trinajstić information content (AvgIpc) is 2.58. The van der Waals surface area contributed by atoms with E-state index in [4.69, 9.17) is 4.74 Å². The largest absolute Gasteiger partial charge is 0.485 e. The molecule has 0 radical (unpaired) electrons. The van der Waals surface area contributed by atoms with E-state index in [1.54, 1.807) is 32.0 Å². The Morgan fingerprint density at radius 3 is 2.35 bits per heavy atom. The maximum absolute atomic E-state index is 13.1. The Labute approximate surface area is 150 Å². The van der Waals surface area contributed by atoms with Gasteiger partial charge in [-0.15, -0.1) is 0 Å². The highest BCUT2D eigenvalue weighted by molar-refractivity contribution is 5.95. The quantitative estimate of drug-likeness (QED) is 0.828. The van der Waals surface area contributed by atoms with Crippen molar-refractivity contribution in [2.24, 2.45) is 0 Å². The van der Waals surface area contributed by atoms with Gasteiger partial charge in [0.05, 0.1) is 6.04 Å². The van der Waals surface area contributed by atoms with Crippen LogP contribution in [0.2, 0.25) is 0 Å². The zero-order valence-electron chi connectivity index (χ0n) is 14.7. The number of hydrogen-bond donors (Lipinski definition) is 2. The molecule has 3 rings (SSSR count). The third-order valence-corrected chi connectivity index (χ3v) is 4.55. The van der Waals surface area contributed by atoms with Gasteiger partial charge >= 0.3 is 0 Å². The van der Waals surface area contributed by atoms with E-state index in [0.29, 0.717) is 16.9 Å². The van der Waals surface area contributed by atoms with Crippen molar-refractivity contribution in [3.05, 3.63) is 65.0 Å². The van der Waals surface area contributed by atoms with Crippen LogP contribution < -0.4 is 10.1 Å². The van der Waals surface area contributed by atoms with Crippen molar-refractivity contribution in [2.75, 3.05) is 0 Å². The molecule has 26 heavy (non-hydrogen) atoms. The van der Waals surface area contributed by atoms with E-state index in [0.717, 1.165) is 0 Å². The molecule has 2 N–H and O–H groups in total. The lowest BCUT2D eigenvalue weighted by atomic mass is 9.85. The van der Waals surface area contributed by atoms with Gasteiger partial charge in [-0.1, -0.05) is 12.1 Å². The summed E-state index contributed by atoms with van der Waals surface area (Å²) < 4.78 is 18.9. The molecule has 0 aliphatic carbocycles. The number of fused-ring (bicyclic) bond motifs is 1. The summed E-state index contributed by atoms with van der Waals surface area (Å²) in [5.74, 6) is -0.533. The fraction of sp³-hybridized carbons (Fsp3) is 0.300. The fourth-order valence-corrected chi connectivity index (χ4v) is 3.00. The molecule has 1 aliphatic rings. The van der Waals surface area contributed by atoms with E-state index >= 15 is 0 Å². The van der Waals surface area contributed by atoms with Gasteiger partial charge in [0.1, 0.15) is 23.3 Å². The lowest BCUT2D eigenvalue weighted by Crippen LogP contribution is -2.53. The Morgan fingerprint density at radius 1 is 1.12 bits per heavy atom. The van der Waals surface area contributed by atoms with Gasteiger partial charge in [0.15, 0.2) is 5.78 Å². The molecule has 0 bridgehead atoms. The van der Waals surface area contributed by atoms with Gasteiger partial charge in [-0.05, 0) is 51.1 Å². The summed E-state index contributed by atoms with van der Waals surface area (Å²) in [6, 6.07) is 9.34. The first kappa shape index (κ1) is 18.1. The number of ketones is 1. The smallest absolute Gasteiger partial charge is 0.251 e. The van der Waals surface area contributed by atoms with Crippen molar-refractivity contribution in [1.82, 2.24) is 5.32 Å². The van der Waals surface area contributed by atoms with Crippen molar-refractivity contribution in [2.45, 2.75) is 38.5 Å². The molecule has 0 saturated heterocycles. The average molecular weight is 357 g/mol. The maximum Gasteiger partial charge on any atom is 0.251 e. The van der Waals surface area contributed by atoms with Crippen LogP contribution in [0.4, 0.5) is 4.39 Å². The normalized spacial score (nSPS) is 20.7. The van der Waals surface area contributed by atoms with Crippen LogP contribution in [0, 0.1) is 5.82 Å². The van der Waals surface area contributed by atoms with Gasteiger partial charge in [-0.2, -0.15) is 0 Å². The number of aliphatic hydroxyl groups is 1. The van der Waals surface area contributed by atoms with Crippen LogP contribution in [-0.2, 0) is 0 Å². The maximum atomic E-state index is 13.1. The predicted molar refractivity (Wildman–Crippen MR) is 93.8 cm³/mol. The molecular formula is C20H20FNO4. The summed E-state index contributed by atoms with van der Waals surface area (Å²) in [5, 5.41) is 13.5. The number of amides is 1. The van der Waals surface area contributed by atoms with Gasteiger partial charge < -0.3 is 15.2 Å². The summed E-state index contributed by atoms with van der Waals surface area (Å²) in [5.41, 5.74) is 0.380. The van der Waals surface area contributed by atoms with Crippen molar-refractivity contribution >= 4 is 11.7 Å². The third-order valence-electron chi connectivity index (χ3n) is 4.55. The number of nitrogens with one attached hydrogen (secondary N) is 1. The van der Waals surface area contributed by atoms with Crippen molar-refractivity contribution < 1.29 is 23.8 Å². The third kappa shape index (κ3) is 3.32. The molecule has 5 nitrogen and oxygen atoms in total. The summed E-state index contributed by atoms with van der Waals surface area (Å²) in [7, 11) is 0. The van der Waals surface area contributed by atoms with Crippen molar-refractivity contribution in [3.8, 4) is 5.75 Å². The molecule has 1 aliphatic heterocycles. The molecular weight excluding hydrogens is 337 g/mol. The number of benzene rings is 2. The van der Waals surface area contributed by atoms with E-state index in [2.05, 4.69) is 5.32 Å². The Hall–Kier alpha value is -2.73. The van der Waals surface area contributed by atoms with Crippen molar-refractivity contribution in [1.29, 1.82) is 0 Å². The van der Waals surface area contributed by atoms with E-state index in [9.17, 15) is 19.1 Å². The van der Waals surface area contributed by atoms with Crippen molar-refractivity contribution in [3.63, 3.8) is 0 Å². The first-order chi connectivity index (χ1) is 12.2. The van der Waals surface area contributed by atoms with E-state index < -0.39 is 29.5 Å². The number of Topliss-reactive ketones (excluding diaryl/α,β-unsaturated/α-hetero) is 1. The molecule has 0 aromatic heterocycles. The topological polar surface area (TPSA) is 75.6 Å². The fourth-order valence-electron chi connectivity index (χ4n) is 3.00. The highest BCUT2D eigenvalue weighted by atomic mass is 19.1. The SMILES string of the molecule is CC(=O)c1ccc2c(c1)OC(C)(C)C(O)C2NC(=O)c1ccc(F)cc1. The molecule has 2 atom stereocenters.